The molecule has 0 spiro atoms. The molecule has 1 fully saturated rings. The van der Waals surface area contributed by atoms with Crippen molar-refractivity contribution in [2.45, 2.75) is 38.4 Å². The number of hydrogen-bond acceptors (Lipinski definition) is 6. The van der Waals surface area contributed by atoms with E-state index in [-0.39, 0.29) is 11.7 Å². The Hall–Kier alpha value is -1.44. The average Bonchev–Trinajstić information content (AvgIpc) is 2.57. The predicted octanol–water partition coefficient (Wildman–Crippen LogP) is -0.899. The highest BCUT2D eigenvalue weighted by atomic mass is 16.6. The van der Waals surface area contributed by atoms with Crippen molar-refractivity contribution in [1.29, 1.82) is 0 Å². The molecule has 0 saturated carbocycles. The minimum absolute atomic E-state index is 0.0251. The molecule has 1 aliphatic heterocycles. The van der Waals surface area contributed by atoms with E-state index in [4.69, 9.17) is 10.5 Å². The van der Waals surface area contributed by atoms with Gasteiger partial charge in [0.15, 0.2) is 6.23 Å². The average molecular weight is 255 g/mol. The van der Waals surface area contributed by atoms with Crippen LogP contribution in [0.15, 0.2) is 17.1 Å². The van der Waals surface area contributed by atoms with Crippen LogP contribution in [0.4, 0.5) is 5.82 Å². The van der Waals surface area contributed by atoms with Crippen molar-refractivity contribution in [2.75, 3.05) is 5.73 Å². The van der Waals surface area contributed by atoms with E-state index in [0.717, 1.165) is 4.57 Å². The van der Waals surface area contributed by atoms with Crippen molar-refractivity contribution in [2.24, 2.45) is 5.92 Å². The number of aliphatic hydroxyl groups excluding tert-OH is 2. The fourth-order valence-corrected chi connectivity index (χ4v) is 2.09. The van der Waals surface area contributed by atoms with Gasteiger partial charge in [-0.2, -0.15) is 4.98 Å². The Balaban J connectivity index is 2.32. The molecule has 1 saturated heterocycles. The van der Waals surface area contributed by atoms with Crippen LogP contribution in [0.5, 0.6) is 0 Å². The van der Waals surface area contributed by atoms with E-state index < -0.39 is 30.2 Å². The topological polar surface area (TPSA) is 111 Å². The zero-order valence-corrected chi connectivity index (χ0v) is 10.2. The van der Waals surface area contributed by atoms with Crippen molar-refractivity contribution < 1.29 is 14.9 Å². The second-order valence-electron chi connectivity index (χ2n) is 4.76. The number of ether oxygens (including phenoxy) is 1. The first-order valence-corrected chi connectivity index (χ1v) is 5.78. The van der Waals surface area contributed by atoms with Gasteiger partial charge in [0.05, 0.1) is 6.10 Å². The van der Waals surface area contributed by atoms with Crippen LogP contribution in [0.1, 0.15) is 20.1 Å². The lowest BCUT2D eigenvalue weighted by molar-refractivity contribution is -0.0533. The van der Waals surface area contributed by atoms with Gasteiger partial charge in [0.25, 0.3) is 0 Å². The standard InChI is InChI=1S/C11H17N3O4/c1-5(2)9-7(15)8(16)10(18-9)14-4-3-6(12)13-11(14)17/h3-5,7-10,15-16H,1-2H3,(H2,12,13,17)/t7-,8?,9-,10-/m1/s1. The van der Waals surface area contributed by atoms with Crippen LogP contribution >= 0.6 is 0 Å². The third-order valence-corrected chi connectivity index (χ3v) is 3.06. The highest BCUT2D eigenvalue weighted by molar-refractivity contribution is 5.23. The van der Waals surface area contributed by atoms with Crippen LogP contribution in [-0.2, 0) is 4.74 Å². The quantitative estimate of drug-likeness (QED) is 0.631. The fraction of sp³-hybridized carbons (Fsp3) is 0.636. The van der Waals surface area contributed by atoms with E-state index in [9.17, 15) is 15.0 Å². The van der Waals surface area contributed by atoms with Gasteiger partial charge in [-0.15, -0.1) is 0 Å². The van der Waals surface area contributed by atoms with Crippen LogP contribution < -0.4 is 11.4 Å². The molecule has 4 N–H and O–H groups in total. The fourth-order valence-electron chi connectivity index (χ4n) is 2.09. The second kappa shape index (κ2) is 4.68. The first-order valence-electron chi connectivity index (χ1n) is 5.78. The van der Waals surface area contributed by atoms with Crippen molar-refractivity contribution in [3.05, 3.63) is 22.7 Å². The zero-order chi connectivity index (χ0) is 13.4. The molecule has 1 aliphatic rings. The summed E-state index contributed by atoms with van der Waals surface area (Å²) in [5.74, 6) is 0.127. The lowest BCUT2D eigenvalue weighted by atomic mass is 10.0. The van der Waals surface area contributed by atoms with E-state index in [0.29, 0.717) is 0 Å². The molecule has 0 amide bonds. The van der Waals surface area contributed by atoms with E-state index in [1.54, 1.807) is 0 Å². The summed E-state index contributed by atoms with van der Waals surface area (Å²) < 4.78 is 6.67. The number of aromatic nitrogens is 2. The van der Waals surface area contributed by atoms with Crippen LogP contribution in [0, 0.1) is 5.92 Å². The Morgan fingerprint density at radius 2 is 2.11 bits per heavy atom. The Labute approximate surface area is 104 Å². The molecular formula is C11H17N3O4. The lowest BCUT2D eigenvalue weighted by Crippen LogP contribution is -2.36. The summed E-state index contributed by atoms with van der Waals surface area (Å²) in [6, 6.07) is 1.44. The monoisotopic (exact) mass is 255 g/mol. The number of anilines is 1. The SMILES string of the molecule is CC(C)[C@H]1O[C@@H](n2ccc(N)nc2=O)C(O)[C@H]1O. The normalized spacial score (nSPS) is 32.1. The van der Waals surface area contributed by atoms with Gasteiger partial charge in [0.1, 0.15) is 18.0 Å². The molecule has 18 heavy (non-hydrogen) atoms. The molecule has 0 aromatic carbocycles. The lowest BCUT2D eigenvalue weighted by Gasteiger charge is -2.18. The molecule has 4 atom stereocenters. The number of rotatable bonds is 2. The predicted molar refractivity (Wildman–Crippen MR) is 63.7 cm³/mol. The van der Waals surface area contributed by atoms with Crippen LogP contribution in [0.25, 0.3) is 0 Å². The van der Waals surface area contributed by atoms with E-state index in [1.807, 2.05) is 13.8 Å². The molecular weight excluding hydrogens is 238 g/mol. The van der Waals surface area contributed by atoms with Gasteiger partial charge in [0.2, 0.25) is 0 Å². The van der Waals surface area contributed by atoms with Crippen LogP contribution in [0.2, 0.25) is 0 Å². The Kier molecular flexibility index (Phi) is 3.38. The summed E-state index contributed by atoms with van der Waals surface area (Å²) in [6.45, 7) is 3.74. The van der Waals surface area contributed by atoms with Crippen molar-refractivity contribution >= 4 is 5.82 Å². The van der Waals surface area contributed by atoms with Gasteiger partial charge in [-0.05, 0) is 12.0 Å². The molecule has 0 aliphatic carbocycles. The zero-order valence-electron chi connectivity index (χ0n) is 10.2. The van der Waals surface area contributed by atoms with Gasteiger partial charge in [-0.25, -0.2) is 4.79 Å². The number of nitrogens with two attached hydrogens (primary N) is 1. The second-order valence-corrected chi connectivity index (χ2v) is 4.76. The molecule has 0 radical (unpaired) electrons. The van der Waals surface area contributed by atoms with Crippen molar-refractivity contribution in [3.63, 3.8) is 0 Å². The Bertz CT molecular complexity index is 487. The molecule has 7 nitrogen and oxygen atoms in total. The first kappa shape index (κ1) is 13.0. The summed E-state index contributed by atoms with van der Waals surface area (Å²) in [5.41, 5.74) is 4.77. The van der Waals surface area contributed by atoms with Crippen molar-refractivity contribution in [3.8, 4) is 0 Å². The maximum Gasteiger partial charge on any atom is 0.351 e. The van der Waals surface area contributed by atoms with E-state index in [1.165, 1.54) is 12.3 Å². The smallest absolute Gasteiger partial charge is 0.351 e. The van der Waals surface area contributed by atoms with Gasteiger partial charge in [0, 0.05) is 6.20 Å². The molecule has 0 bridgehead atoms. The molecule has 2 heterocycles. The van der Waals surface area contributed by atoms with Gasteiger partial charge >= 0.3 is 5.69 Å². The van der Waals surface area contributed by atoms with Crippen LogP contribution in [0.3, 0.4) is 0 Å². The molecule has 7 heteroatoms. The third kappa shape index (κ3) is 2.12. The third-order valence-electron chi connectivity index (χ3n) is 3.06. The van der Waals surface area contributed by atoms with E-state index in [2.05, 4.69) is 4.98 Å². The highest BCUT2D eigenvalue weighted by Gasteiger charge is 2.45. The highest BCUT2D eigenvalue weighted by Crippen LogP contribution is 2.31. The number of nitrogens with zero attached hydrogens (tertiary/aromatic N) is 2. The van der Waals surface area contributed by atoms with Gasteiger partial charge in [-0.1, -0.05) is 13.8 Å². The van der Waals surface area contributed by atoms with E-state index >= 15 is 0 Å². The molecule has 1 unspecified atom stereocenters. The summed E-state index contributed by atoms with van der Waals surface area (Å²) in [5, 5.41) is 19.8. The van der Waals surface area contributed by atoms with Crippen molar-refractivity contribution in [1.82, 2.24) is 9.55 Å². The van der Waals surface area contributed by atoms with Gasteiger partial charge in [-0.3, -0.25) is 4.57 Å². The molecule has 2 rings (SSSR count). The largest absolute Gasteiger partial charge is 0.388 e. The maximum atomic E-state index is 11.7. The summed E-state index contributed by atoms with van der Waals surface area (Å²) in [6.07, 6.45) is -2.25. The minimum Gasteiger partial charge on any atom is -0.388 e. The minimum atomic E-state index is -1.17. The Morgan fingerprint density at radius 3 is 2.61 bits per heavy atom. The number of hydrogen-bond donors (Lipinski definition) is 3. The van der Waals surface area contributed by atoms with Gasteiger partial charge < -0.3 is 20.7 Å². The summed E-state index contributed by atoms with van der Waals surface area (Å²) in [7, 11) is 0. The summed E-state index contributed by atoms with van der Waals surface area (Å²) in [4.78, 5) is 15.2. The number of nitrogen functional groups attached to an aromatic ring is 1. The Morgan fingerprint density at radius 1 is 1.44 bits per heavy atom. The first-order chi connectivity index (χ1) is 8.41. The maximum absolute atomic E-state index is 11.7. The van der Waals surface area contributed by atoms with Crippen LogP contribution in [-0.4, -0.2) is 38.1 Å². The molecule has 1 aromatic heterocycles. The molecule has 100 valence electrons. The molecule has 1 aromatic rings. The number of aliphatic hydroxyl groups is 2. The summed E-state index contributed by atoms with van der Waals surface area (Å²) >= 11 is 0.